The molecule has 6 nitrogen and oxygen atoms in total. The van der Waals surface area contributed by atoms with Gasteiger partial charge in [0.2, 0.25) is 5.91 Å². The number of fused-ring (bicyclic) bond motifs is 1. The quantitative estimate of drug-likeness (QED) is 0.618. The van der Waals surface area contributed by atoms with Gasteiger partial charge in [0.25, 0.3) is 0 Å². The summed E-state index contributed by atoms with van der Waals surface area (Å²) in [6, 6.07) is 11.5. The minimum absolute atomic E-state index is 0.156. The van der Waals surface area contributed by atoms with Crippen molar-refractivity contribution in [2.24, 2.45) is 0 Å². The van der Waals surface area contributed by atoms with E-state index in [0.717, 1.165) is 36.0 Å². The molecule has 0 bridgehead atoms. The second-order valence-corrected chi connectivity index (χ2v) is 9.58. The SMILES string of the molecule is CCCC(=O)N[C@H]1CCOC1.CS(=O)(=O)c1ccc(-c2c[nH]c3cc(F)ccc23)cc1. The van der Waals surface area contributed by atoms with Gasteiger partial charge in [0.05, 0.1) is 17.5 Å². The molecule has 1 aromatic heterocycles. The molecule has 2 heterocycles. The number of aromatic nitrogens is 1. The Morgan fingerprint density at radius 2 is 1.97 bits per heavy atom. The molecule has 2 aromatic carbocycles. The number of ether oxygens (including phenoxy) is 1. The molecule has 1 amide bonds. The highest BCUT2D eigenvalue weighted by molar-refractivity contribution is 7.90. The number of aromatic amines is 1. The van der Waals surface area contributed by atoms with Crippen molar-refractivity contribution in [3.8, 4) is 11.1 Å². The third-order valence-electron chi connectivity index (χ3n) is 5.01. The van der Waals surface area contributed by atoms with E-state index in [1.54, 1.807) is 36.5 Å². The first kappa shape index (κ1) is 23.0. The van der Waals surface area contributed by atoms with Crippen molar-refractivity contribution in [3.05, 3.63) is 54.5 Å². The van der Waals surface area contributed by atoms with Crippen LogP contribution in [0.25, 0.3) is 22.0 Å². The normalized spacial score (nSPS) is 16.0. The zero-order valence-electron chi connectivity index (χ0n) is 17.7. The summed E-state index contributed by atoms with van der Waals surface area (Å²) < 4.78 is 41.1. The first-order valence-electron chi connectivity index (χ1n) is 10.2. The predicted molar refractivity (Wildman–Crippen MR) is 119 cm³/mol. The fourth-order valence-electron chi connectivity index (χ4n) is 3.39. The average Bonchev–Trinajstić information content (AvgIpc) is 3.37. The lowest BCUT2D eigenvalue weighted by molar-refractivity contribution is -0.121. The molecular formula is C23H27FN2O4S. The maximum absolute atomic E-state index is 13.1. The van der Waals surface area contributed by atoms with E-state index in [1.165, 1.54) is 18.4 Å². The largest absolute Gasteiger partial charge is 0.379 e. The van der Waals surface area contributed by atoms with Gasteiger partial charge in [-0.05, 0) is 48.7 Å². The topological polar surface area (TPSA) is 88.3 Å². The van der Waals surface area contributed by atoms with E-state index in [2.05, 4.69) is 10.3 Å². The van der Waals surface area contributed by atoms with Crippen LogP contribution >= 0.6 is 0 Å². The standard InChI is InChI=1S/C15H12FNO2S.C8H15NO2/c1-20(18,19)12-5-2-10(3-6-12)14-9-17-15-8-11(16)4-7-13(14)15;1-2-3-8(10)9-7-4-5-11-6-7/h2-9,17H,1H3;7H,2-6H2,1H3,(H,9,10)/t;7-/m.0/s1. The van der Waals surface area contributed by atoms with Gasteiger partial charge < -0.3 is 15.0 Å². The van der Waals surface area contributed by atoms with Crippen LogP contribution in [0, 0.1) is 5.82 Å². The van der Waals surface area contributed by atoms with Crippen molar-refractivity contribution in [3.63, 3.8) is 0 Å². The van der Waals surface area contributed by atoms with Gasteiger partial charge in [-0.3, -0.25) is 4.79 Å². The maximum atomic E-state index is 13.1. The van der Waals surface area contributed by atoms with Gasteiger partial charge in [-0.15, -0.1) is 0 Å². The van der Waals surface area contributed by atoms with Gasteiger partial charge >= 0.3 is 0 Å². The molecule has 0 saturated carbocycles. The fourth-order valence-corrected chi connectivity index (χ4v) is 4.02. The van der Waals surface area contributed by atoms with E-state index in [-0.39, 0.29) is 22.7 Å². The molecule has 1 aliphatic heterocycles. The number of nitrogens with one attached hydrogen (secondary N) is 2. The highest BCUT2D eigenvalue weighted by atomic mass is 32.2. The van der Waals surface area contributed by atoms with Gasteiger partial charge in [0.1, 0.15) is 5.82 Å². The molecule has 0 radical (unpaired) electrons. The molecule has 4 rings (SSSR count). The number of sulfone groups is 1. The molecule has 0 aliphatic carbocycles. The van der Waals surface area contributed by atoms with E-state index in [0.29, 0.717) is 18.5 Å². The van der Waals surface area contributed by atoms with Gasteiger partial charge in [-0.2, -0.15) is 0 Å². The Bertz CT molecular complexity index is 1130. The number of H-pyrrole nitrogens is 1. The van der Waals surface area contributed by atoms with Crippen molar-refractivity contribution >= 4 is 26.6 Å². The second-order valence-electron chi connectivity index (χ2n) is 7.57. The molecule has 31 heavy (non-hydrogen) atoms. The first-order valence-corrected chi connectivity index (χ1v) is 12.1. The number of hydrogen-bond acceptors (Lipinski definition) is 4. The molecule has 1 aliphatic rings. The number of carbonyl (C=O) groups excluding carboxylic acids is 1. The Balaban J connectivity index is 0.000000210. The number of halogens is 1. The maximum Gasteiger partial charge on any atom is 0.220 e. The van der Waals surface area contributed by atoms with Gasteiger partial charge in [0.15, 0.2) is 9.84 Å². The summed E-state index contributed by atoms with van der Waals surface area (Å²) in [4.78, 5) is 14.3. The molecule has 1 fully saturated rings. The highest BCUT2D eigenvalue weighted by Crippen LogP contribution is 2.29. The van der Waals surface area contributed by atoms with Crippen LogP contribution in [0.1, 0.15) is 26.2 Å². The van der Waals surface area contributed by atoms with Crippen molar-refractivity contribution in [1.82, 2.24) is 10.3 Å². The van der Waals surface area contributed by atoms with Crippen LogP contribution in [-0.4, -0.2) is 44.8 Å². The molecule has 1 saturated heterocycles. The fraction of sp³-hybridized carbons (Fsp3) is 0.348. The van der Waals surface area contributed by atoms with Crippen molar-refractivity contribution in [2.75, 3.05) is 19.5 Å². The summed E-state index contributed by atoms with van der Waals surface area (Å²) in [5.41, 5.74) is 2.52. The number of amides is 1. The first-order chi connectivity index (χ1) is 14.8. The third-order valence-corrected chi connectivity index (χ3v) is 6.14. The van der Waals surface area contributed by atoms with Crippen LogP contribution in [0.3, 0.4) is 0 Å². The average molecular weight is 447 g/mol. The molecule has 8 heteroatoms. The summed E-state index contributed by atoms with van der Waals surface area (Å²) in [6.45, 7) is 3.48. The molecular weight excluding hydrogens is 419 g/mol. The van der Waals surface area contributed by atoms with E-state index in [9.17, 15) is 17.6 Å². The van der Waals surface area contributed by atoms with Crippen molar-refractivity contribution < 1.29 is 22.3 Å². The highest BCUT2D eigenvalue weighted by Gasteiger charge is 2.16. The summed E-state index contributed by atoms with van der Waals surface area (Å²) in [5, 5.41) is 3.82. The molecule has 3 aromatic rings. The monoisotopic (exact) mass is 446 g/mol. The lowest BCUT2D eigenvalue weighted by Crippen LogP contribution is -2.34. The number of hydrogen-bond donors (Lipinski definition) is 2. The van der Waals surface area contributed by atoms with Crippen LogP contribution in [0.15, 0.2) is 53.6 Å². The third kappa shape index (κ3) is 6.15. The van der Waals surface area contributed by atoms with Crippen LogP contribution in [0.5, 0.6) is 0 Å². The Hall–Kier alpha value is -2.71. The summed E-state index contributed by atoms with van der Waals surface area (Å²) >= 11 is 0. The van der Waals surface area contributed by atoms with Crippen LogP contribution in [-0.2, 0) is 19.4 Å². The van der Waals surface area contributed by atoms with Crippen LogP contribution < -0.4 is 5.32 Å². The van der Waals surface area contributed by atoms with E-state index in [1.807, 2.05) is 6.92 Å². The Kier molecular flexibility index (Phi) is 7.46. The molecule has 166 valence electrons. The smallest absolute Gasteiger partial charge is 0.220 e. The molecule has 0 spiro atoms. The molecule has 0 unspecified atom stereocenters. The minimum Gasteiger partial charge on any atom is -0.379 e. The Morgan fingerprint density at radius 3 is 2.58 bits per heavy atom. The number of carbonyl (C=O) groups is 1. The second kappa shape index (κ2) is 10.1. The lowest BCUT2D eigenvalue weighted by Gasteiger charge is -2.08. The van der Waals surface area contributed by atoms with Gasteiger partial charge in [0, 0.05) is 41.9 Å². The van der Waals surface area contributed by atoms with Crippen LogP contribution in [0.4, 0.5) is 4.39 Å². The minimum atomic E-state index is -3.19. The van der Waals surface area contributed by atoms with Crippen molar-refractivity contribution in [1.29, 1.82) is 0 Å². The predicted octanol–water partition coefficient (Wildman–Crippen LogP) is 4.07. The Morgan fingerprint density at radius 1 is 1.23 bits per heavy atom. The number of benzene rings is 2. The van der Waals surface area contributed by atoms with E-state index < -0.39 is 9.84 Å². The zero-order valence-corrected chi connectivity index (χ0v) is 18.5. The molecule has 2 N–H and O–H groups in total. The van der Waals surface area contributed by atoms with Gasteiger partial charge in [-0.1, -0.05) is 19.1 Å². The zero-order chi connectivity index (χ0) is 22.4. The van der Waals surface area contributed by atoms with E-state index in [4.69, 9.17) is 4.74 Å². The lowest BCUT2D eigenvalue weighted by atomic mass is 10.1. The Labute approximate surface area is 181 Å². The summed E-state index contributed by atoms with van der Waals surface area (Å²) in [7, 11) is -3.19. The summed E-state index contributed by atoms with van der Waals surface area (Å²) in [5.74, 6) is -0.138. The van der Waals surface area contributed by atoms with Gasteiger partial charge in [-0.25, -0.2) is 12.8 Å². The van der Waals surface area contributed by atoms with Crippen molar-refractivity contribution in [2.45, 2.75) is 37.1 Å². The van der Waals surface area contributed by atoms with E-state index >= 15 is 0 Å². The summed E-state index contributed by atoms with van der Waals surface area (Å²) in [6.07, 6.45) is 5.49. The number of rotatable bonds is 5. The van der Waals surface area contributed by atoms with Crippen LogP contribution in [0.2, 0.25) is 0 Å². The molecule has 1 atom stereocenters.